The van der Waals surface area contributed by atoms with E-state index in [0.717, 1.165) is 22.4 Å². The monoisotopic (exact) mass is 337 g/mol. The molecule has 2 heterocycles. The zero-order valence-electron chi connectivity index (χ0n) is 8.68. The second kappa shape index (κ2) is 4.28. The van der Waals surface area contributed by atoms with Crippen molar-refractivity contribution in [1.29, 1.82) is 0 Å². The third-order valence-electron chi connectivity index (χ3n) is 2.37. The third-order valence-corrected chi connectivity index (χ3v) is 2.89. The van der Waals surface area contributed by atoms with E-state index in [4.69, 9.17) is 0 Å². The van der Waals surface area contributed by atoms with Crippen molar-refractivity contribution >= 4 is 45.0 Å². The van der Waals surface area contributed by atoms with Crippen LogP contribution in [-0.2, 0) is 0 Å². The third kappa shape index (κ3) is 2.07. The number of halogens is 1. The van der Waals surface area contributed by atoms with E-state index in [1.54, 1.807) is 12.4 Å². The van der Waals surface area contributed by atoms with Gasteiger partial charge in [-0.15, -0.1) is 0 Å². The standard InChI is InChI=1S/C11H8IN5/c12-11-13-5-4-10(16-11)15-8-2-1-3-9-7(8)6-14-17-9/h1-6H,(H,14,17)(H,13,15,16). The molecule has 2 aromatic heterocycles. The molecule has 1 aromatic carbocycles. The summed E-state index contributed by atoms with van der Waals surface area (Å²) in [5.41, 5.74) is 1.98. The van der Waals surface area contributed by atoms with E-state index >= 15 is 0 Å². The Hall–Kier alpha value is -1.70. The van der Waals surface area contributed by atoms with Crippen molar-refractivity contribution in [2.24, 2.45) is 0 Å². The van der Waals surface area contributed by atoms with Gasteiger partial charge in [-0.05, 0) is 18.2 Å². The van der Waals surface area contributed by atoms with Crippen LogP contribution in [-0.4, -0.2) is 20.2 Å². The Kier molecular flexibility index (Phi) is 2.63. The molecule has 3 aromatic rings. The first kappa shape index (κ1) is 10.5. The summed E-state index contributed by atoms with van der Waals surface area (Å²) in [6.07, 6.45) is 3.52. The Morgan fingerprint density at radius 3 is 3.06 bits per heavy atom. The second-order valence-electron chi connectivity index (χ2n) is 3.47. The SMILES string of the molecule is Ic1nccc(Nc2cccc3[nH]ncc23)n1. The van der Waals surface area contributed by atoms with Crippen LogP contribution in [0.2, 0.25) is 0 Å². The zero-order chi connectivity index (χ0) is 11.7. The Balaban J connectivity index is 2.02. The number of nitrogens with one attached hydrogen (secondary N) is 2. The molecule has 2 N–H and O–H groups in total. The molecule has 0 saturated heterocycles. The summed E-state index contributed by atoms with van der Waals surface area (Å²) >= 11 is 2.08. The number of benzene rings is 1. The van der Waals surface area contributed by atoms with Gasteiger partial charge in [-0.2, -0.15) is 5.10 Å². The molecule has 5 nitrogen and oxygen atoms in total. The normalized spacial score (nSPS) is 10.6. The zero-order valence-corrected chi connectivity index (χ0v) is 10.8. The van der Waals surface area contributed by atoms with Gasteiger partial charge < -0.3 is 5.32 Å². The van der Waals surface area contributed by atoms with E-state index < -0.39 is 0 Å². The number of hydrogen-bond donors (Lipinski definition) is 2. The molecule has 0 radical (unpaired) electrons. The number of hydrogen-bond acceptors (Lipinski definition) is 4. The van der Waals surface area contributed by atoms with Gasteiger partial charge >= 0.3 is 0 Å². The summed E-state index contributed by atoms with van der Waals surface area (Å²) in [5, 5.41) is 11.3. The lowest BCUT2D eigenvalue weighted by molar-refractivity contribution is 1.11. The number of H-pyrrole nitrogens is 1. The fourth-order valence-electron chi connectivity index (χ4n) is 1.62. The number of aromatic nitrogens is 4. The highest BCUT2D eigenvalue weighted by atomic mass is 127. The maximum Gasteiger partial charge on any atom is 0.192 e. The van der Waals surface area contributed by atoms with Crippen molar-refractivity contribution in [3.05, 3.63) is 40.5 Å². The molecule has 0 spiro atoms. The van der Waals surface area contributed by atoms with Gasteiger partial charge in [0.2, 0.25) is 0 Å². The van der Waals surface area contributed by atoms with Crippen molar-refractivity contribution in [3.8, 4) is 0 Å². The summed E-state index contributed by atoms with van der Waals surface area (Å²) in [4.78, 5) is 8.34. The molecule has 0 aliphatic carbocycles. The van der Waals surface area contributed by atoms with Gasteiger partial charge in [0.05, 0.1) is 17.4 Å². The lowest BCUT2D eigenvalue weighted by Crippen LogP contribution is -1.96. The lowest BCUT2D eigenvalue weighted by Gasteiger charge is -2.06. The van der Waals surface area contributed by atoms with E-state index in [1.807, 2.05) is 24.3 Å². The van der Waals surface area contributed by atoms with Crippen LogP contribution in [0.25, 0.3) is 10.9 Å². The number of nitrogens with zero attached hydrogens (tertiary/aromatic N) is 3. The summed E-state index contributed by atoms with van der Waals surface area (Å²) < 4.78 is 0.715. The molecule has 6 heteroatoms. The summed E-state index contributed by atoms with van der Waals surface area (Å²) in [6, 6.07) is 7.78. The van der Waals surface area contributed by atoms with E-state index in [2.05, 4.69) is 48.1 Å². The molecule has 0 aliphatic heterocycles. The van der Waals surface area contributed by atoms with Gasteiger partial charge in [0.1, 0.15) is 5.82 Å². The molecule has 84 valence electrons. The summed E-state index contributed by atoms with van der Waals surface area (Å²) in [5.74, 6) is 0.776. The van der Waals surface area contributed by atoms with Crippen LogP contribution in [0.5, 0.6) is 0 Å². The highest BCUT2D eigenvalue weighted by Crippen LogP contribution is 2.23. The maximum absolute atomic E-state index is 4.29. The minimum Gasteiger partial charge on any atom is -0.340 e. The maximum atomic E-state index is 4.29. The van der Waals surface area contributed by atoms with Gasteiger partial charge in [0.15, 0.2) is 3.83 Å². The topological polar surface area (TPSA) is 66.5 Å². The minimum absolute atomic E-state index is 0.715. The van der Waals surface area contributed by atoms with Gasteiger partial charge in [-0.3, -0.25) is 5.10 Å². The van der Waals surface area contributed by atoms with Crippen LogP contribution in [0.4, 0.5) is 11.5 Å². The van der Waals surface area contributed by atoms with E-state index in [9.17, 15) is 0 Å². The van der Waals surface area contributed by atoms with Crippen molar-refractivity contribution in [3.63, 3.8) is 0 Å². The van der Waals surface area contributed by atoms with Crippen molar-refractivity contribution in [2.75, 3.05) is 5.32 Å². The van der Waals surface area contributed by atoms with Gasteiger partial charge in [0, 0.05) is 34.2 Å². The number of fused-ring (bicyclic) bond motifs is 1. The Morgan fingerprint density at radius 1 is 1.24 bits per heavy atom. The van der Waals surface area contributed by atoms with E-state index in [-0.39, 0.29) is 0 Å². The van der Waals surface area contributed by atoms with Gasteiger partial charge in [-0.25, -0.2) is 9.97 Å². The number of anilines is 2. The average Bonchev–Trinajstić information content (AvgIpc) is 2.78. The first-order chi connectivity index (χ1) is 8.33. The highest BCUT2D eigenvalue weighted by Gasteiger charge is 2.03. The predicted molar refractivity (Wildman–Crippen MR) is 74.1 cm³/mol. The molecule has 17 heavy (non-hydrogen) atoms. The Morgan fingerprint density at radius 2 is 2.18 bits per heavy atom. The van der Waals surface area contributed by atoms with Crippen molar-refractivity contribution in [2.45, 2.75) is 0 Å². The fourth-order valence-corrected chi connectivity index (χ4v) is 2.04. The Bertz CT molecular complexity index is 664. The van der Waals surface area contributed by atoms with Crippen LogP contribution < -0.4 is 5.32 Å². The van der Waals surface area contributed by atoms with E-state index in [1.165, 1.54) is 0 Å². The number of aromatic amines is 1. The molecule has 0 unspecified atom stereocenters. The number of rotatable bonds is 2. The molecule has 0 fully saturated rings. The van der Waals surface area contributed by atoms with Crippen LogP contribution in [0.3, 0.4) is 0 Å². The van der Waals surface area contributed by atoms with Crippen molar-refractivity contribution < 1.29 is 0 Å². The smallest absolute Gasteiger partial charge is 0.192 e. The Labute approximate surface area is 111 Å². The van der Waals surface area contributed by atoms with Crippen LogP contribution >= 0.6 is 22.6 Å². The van der Waals surface area contributed by atoms with E-state index in [0.29, 0.717) is 3.83 Å². The molecule has 0 aliphatic rings. The summed E-state index contributed by atoms with van der Waals surface area (Å²) in [6.45, 7) is 0. The largest absolute Gasteiger partial charge is 0.340 e. The molecular weight excluding hydrogens is 329 g/mol. The molecule has 0 saturated carbocycles. The van der Waals surface area contributed by atoms with Crippen LogP contribution in [0.1, 0.15) is 0 Å². The van der Waals surface area contributed by atoms with Gasteiger partial charge in [-0.1, -0.05) is 6.07 Å². The quantitative estimate of drug-likeness (QED) is 0.557. The molecule has 0 bridgehead atoms. The van der Waals surface area contributed by atoms with Gasteiger partial charge in [0.25, 0.3) is 0 Å². The van der Waals surface area contributed by atoms with Crippen molar-refractivity contribution in [1.82, 2.24) is 20.2 Å². The lowest BCUT2D eigenvalue weighted by atomic mass is 10.2. The predicted octanol–water partition coefficient (Wildman–Crippen LogP) is 2.70. The molecule has 3 rings (SSSR count). The first-order valence-corrected chi connectivity index (χ1v) is 6.08. The molecular formula is C11H8IN5. The second-order valence-corrected chi connectivity index (χ2v) is 4.44. The minimum atomic E-state index is 0.715. The summed E-state index contributed by atoms with van der Waals surface area (Å²) in [7, 11) is 0. The van der Waals surface area contributed by atoms with Crippen LogP contribution in [0.15, 0.2) is 36.7 Å². The fraction of sp³-hybridized carbons (Fsp3) is 0. The molecule has 0 atom stereocenters. The average molecular weight is 337 g/mol. The van der Waals surface area contributed by atoms with Crippen LogP contribution in [0, 0.1) is 3.83 Å². The molecule has 0 amide bonds. The first-order valence-electron chi connectivity index (χ1n) is 5.00. The highest BCUT2D eigenvalue weighted by molar-refractivity contribution is 14.1.